The highest BCUT2D eigenvalue weighted by molar-refractivity contribution is 14.1. The standard InChI is InChI=1S/C16H15Br2I/c1-10-3-4-11(2)12(7-10)8-15(18)14-9-13(17)5-6-16(14)19/h3-7,9,15H,8H2,1-2H3. The second-order valence-corrected chi connectivity index (χ2v) is 7.95. The summed E-state index contributed by atoms with van der Waals surface area (Å²) < 4.78 is 2.43. The van der Waals surface area contributed by atoms with Crippen LogP contribution in [0, 0.1) is 17.4 Å². The molecule has 0 aliphatic rings. The van der Waals surface area contributed by atoms with Crippen LogP contribution in [0.15, 0.2) is 40.9 Å². The molecule has 19 heavy (non-hydrogen) atoms. The first-order chi connectivity index (χ1) is 8.97. The Morgan fingerprint density at radius 1 is 1.11 bits per heavy atom. The maximum absolute atomic E-state index is 3.84. The fraction of sp³-hybridized carbons (Fsp3) is 0.250. The molecule has 1 atom stereocenters. The summed E-state index contributed by atoms with van der Waals surface area (Å²) in [7, 11) is 0. The summed E-state index contributed by atoms with van der Waals surface area (Å²) in [5, 5.41) is 0. The first kappa shape index (κ1) is 15.5. The Balaban J connectivity index is 2.27. The summed E-state index contributed by atoms with van der Waals surface area (Å²) >= 11 is 9.79. The van der Waals surface area contributed by atoms with E-state index in [1.54, 1.807) is 0 Å². The smallest absolute Gasteiger partial charge is 0.0446 e. The molecule has 2 rings (SSSR count). The summed E-state index contributed by atoms with van der Waals surface area (Å²) in [4.78, 5) is 0.345. The molecule has 0 spiro atoms. The van der Waals surface area contributed by atoms with Crippen molar-refractivity contribution in [1.82, 2.24) is 0 Å². The van der Waals surface area contributed by atoms with Gasteiger partial charge >= 0.3 is 0 Å². The quantitative estimate of drug-likeness (QED) is 0.345. The van der Waals surface area contributed by atoms with E-state index in [2.05, 4.69) is 105 Å². The van der Waals surface area contributed by atoms with E-state index in [0.29, 0.717) is 4.83 Å². The van der Waals surface area contributed by atoms with E-state index in [9.17, 15) is 0 Å². The van der Waals surface area contributed by atoms with Gasteiger partial charge < -0.3 is 0 Å². The van der Waals surface area contributed by atoms with Crippen molar-refractivity contribution in [2.24, 2.45) is 0 Å². The summed E-state index contributed by atoms with van der Waals surface area (Å²) in [5.41, 5.74) is 5.44. The topological polar surface area (TPSA) is 0 Å². The minimum atomic E-state index is 0.345. The van der Waals surface area contributed by atoms with E-state index in [1.807, 2.05) is 0 Å². The molecule has 3 heteroatoms. The van der Waals surface area contributed by atoms with Gasteiger partial charge in [0.1, 0.15) is 0 Å². The second kappa shape index (κ2) is 6.72. The van der Waals surface area contributed by atoms with Crippen LogP contribution < -0.4 is 0 Å². The molecule has 0 amide bonds. The van der Waals surface area contributed by atoms with Gasteiger partial charge in [-0.3, -0.25) is 0 Å². The van der Waals surface area contributed by atoms with Gasteiger partial charge in [-0.2, -0.15) is 0 Å². The summed E-state index contributed by atoms with van der Waals surface area (Å²) in [6.45, 7) is 4.33. The monoisotopic (exact) mass is 492 g/mol. The van der Waals surface area contributed by atoms with Crippen molar-refractivity contribution in [1.29, 1.82) is 0 Å². The molecule has 0 aliphatic heterocycles. The van der Waals surface area contributed by atoms with Gasteiger partial charge in [0.25, 0.3) is 0 Å². The first-order valence-corrected chi connectivity index (χ1v) is 8.91. The van der Waals surface area contributed by atoms with E-state index in [-0.39, 0.29) is 0 Å². The lowest BCUT2D eigenvalue weighted by atomic mass is 9.99. The van der Waals surface area contributed by atoms with Gasteiger partial charge in [0.15, 0.2) is 0 Å². The predicted octanol–water partition coefficient (Wildman–Crippen LogP) is 6.35. The fourth-order valence-electron chi connectivity index (χ4n) is 2.08. The molecule has 0 bridgehead atoms. The van der Waals surface area contributed by atoms with Gasteiger partial charge in [0, 0.05) is 12.9 Å². The average Bonchev–Trinajstić information content (AvgIpc) is 2.36. The number of benzene rings is 2. The Morgan fingerprint density at radius 3 is 2.58 bits per heavy atom. The minimum absolute atomic E-state index is 0.345. The lowest BCUT2D eigenvalue weighted by molar-refractivity contribution is 0.929. The van der Waals surface area contributed by atoms with Crippen LogP contribution in [0.2, 0.25) is 0 Å². The number of hydrogen-bond donors (Lipinski definition) is 0. The lowest BCUT2D eigenvalue weighted by Gasteiger charge is -2.15. The van der Waals surface area contributed by atoms with Gasteiger partial charge in [0.05, 0.1) is 0 Å². The van der Waals surface area contributed by atoms with Crippen molar-refractivity contribution in [2.45, 2.75) is 25.1 Å². The summed E-state index contributed by atoms with van der Waals surface area (Å²) in [6, 6.07) is 13.1. The third-order valence-electron chi connectivity index (χ3n) is 3.20. The van der Waals surface area contributed by atoms with Crippen LogP contribution in [0.5, 0.6) is 0 Å². The Hall–Kier alpha value is 0.130. The largest absolute Gasteiger partial charge is 0.0835 e. The minimum Gasteiger partial charge on any atom is -0.0835 e. The SMILES string of the molecule is Cc1ccc(C)c(CC(Br)c2cc(Br)ccc2I)c1. The Morgan fingerprint density at radius 2 is 1.84 bits per heavy atom. The maximum atomic E-state index is 3.84. The third kappa shape index (κ3) is 4.05. The van der Waals surface area contributed by atoms with Crippen LogP contribution in [0.4, 0.5) is 0 Å². The molecule has 1 unspecified atom stereocenters. The average molecular weight is 494 g/mol. The fourth-order valence-corrected chi connectivity index (χ4v) is 4.32. The molecule has 2 aromatic carbocycles. The first-order valence-electron chi connectivity index (χ1n) is 6.12. The van der Waals surface area contributed by atoms with E-state index < -0.39 is 0 Å². The van der Waals surface area contributed by atoms with E-state index in [1.165, 1.54) is 25.8 Å². The zero-order valence-electron chi connectivity index (χ0n) is 10.9. The predicted molar refractivity (Wildman–Crippen MR) is 98.1 cm³/mol. The molecule has 0 heterocycles. The van der Waals surface area contributed by atoms with Crippen LogP contribution in [0.25, 0.3) is 0 Å². The molecule has 0 nitrogen and oxygen atoms in total. The van der Waals surface area contributed by atoms with E-state index >= 15 is 0 Å². The van der Waals surface area contributed by atoms with Gasteiger partial charge in [-0.15, -0.1) is 0 Å². The van der Waals surface area contributed by atoms with Crippen LogP contribution in [-0.4, -0.2) is 0 Å². The van der Waals surface area contributed by atoms with Crippen molar-refractivity contribution in [2.75, 3.05) is 0 Å². The van der Waals surface area contributed by atoms with Gasteiger partial charge in [-0.25, -0.2) is 0 Å². The number of alkyl halides is 1. The highest BCUT2D eigenvalue weighted by Crippen LogP contribution is 2.33. The van der Waals surface area contributed by atoms with Crippen molar-refractivity contribution in [3.8, 4) is 0 Å². The van der Waals surface area contributed by atoms with Gasteiger partial charge in [0.2, 0.25) is 0 Å². The zero-order valence-corrected chi connectivity index (χ0v) is 16.2. The molecule has 0 saturated carbocycles. The van der Waals surface area contributed by atoms with Crippen molar-refractivity contribution >= 4 is 54.5 Å². The van der Waals surface area contributed by atoms with Crippen LogP contribution >= 0.6 is 54.5 Å². The normalized spacial score (nSPS) is 12.5. The molecule has 0 fully saturated rings. The van der Waals surface area contributed by atoms with Crippen LogP contribution in [0.3, 0.4) is 0 Å². The van der Waals surface area contributed by atoms with Crippen LogP contribution in [0.1, 0.15) is 27.1 Å². The maximum Gasteiger partial charge on any atom is 0.0446 e. The Kier molecular flexibility index (Phi) is 5.49. The number of halogens is 3. The molecule has 0 N–H and O–H groups in total. The summed E-state index contributed by atoms with van der Waals surface area (Å²) in [6.07, 6.45) is 1.01. The Bertz CT molecular complexity index is 593. The van der Waals surface area contributed by atoms with Crippen molar-refractivity contribution in [3.05, 3.63) is 66.7 Å². The van der Waals surface area contributed by atoms with Gasteiger partial charge in [-0.05, 0) is 77.7 Å². The van der Waals surface area contributed by atoms with Crippen LogP contribution in [-0.2, 0) is 6.42 Å². The molecule has 0 aromatic heterocycles. The van der Waals surface area contributed by atoms with E-state index in [4.69, 9.17) is 0 Å². The molecule has 0 aliphatic carbocycles. The second-order valence-electron chi connectivity index (χ2n) is 4.77. The number of rotatable bonds is 3. The zero-order chi connectivity index (χ0) is 14.0. The third-order valence-corrected chi connectivity index (χ3v) is 5.49. The van der Waals surface area contributed by atoms with Gasteiger partial charge in [-0.1, -0.05) is 55.6 Å². The highest BCUT2D eigenvalue weighted by atomic mass is 127. The van der Waals surface area contributed by atoms with E-state index in [0.717, 1.165) is 10.9 Å². The molecule has 0 saturated heterocycles. The molecule has 2 aromatic rings. The molecule has 100 valence electrons. The molecular weight excluding hydrogens is 479 g/mol. The van der Waals surface area contributed by atoms with Crippen molar-refractivity contribution < 1.29 is 0 Å². The number of hydrogen-bond acceptors (Lipinski definition) is 0. The number of aryl methyl sites for hydroxylation is 2. The molecule has 0 radical (unpaired) electrons. The molecular formula is C16H15Br2I. The van der Waals surface area contributed by atoms with Crippen molar-refractivity contribution in [3.63, 3.8) is 0 Å². The Labute approximate surface area is 145 Å². The summed E-state index contributed by atoms with van der Waals surface area (Å²) in [5.74, 6) is 0. The lowest BCUT2D eigenvalue weighted by Crippen LogP contribution is -2.00. The highest BCUT2D eigenvalue weighted by Gasteiger charge is 2.13.